The summed E-state index contributed by atoms with van der Waals surface area (Å²) in [6, 6.07) is 12.2. The number of benzene rings is 2. The number of nitrogens with zero attached hydrogens (tertiary/aromatic N) is 2. The third kappa shape index (κ3) is 4.53. The monoisotopic (exact) mass is 504 g/mol. The molecule has 2 aliphatic rings. The number of sulfonamides is 1. The van der Waals surface area contributed by atoms with E-state index >= 15 is 0 Å². The molecular weight excluding hydrogens is 480 g/mol. The summed E-state index contributed by atoms with van der Waals surface area (Å²) in [4.78, 5) is 38.9. The summed E-state index contributed by atoms with van der Waals surface area (Å²) in [6.45, 7) is 1.89. The van der Waals surface area contributed by atoms with E-state index in [9.17, 15) is 22.8 Å². The summed E-state index contributed by atoms with van der Waals surface area (Å²) in [5, 5.41) is 5.26. The number of rotatable bonds is 6. The number of nitrogens with one attached hydrogen (secondary N) is 2. The van der Waals surface area contributed by atoms with E-state index in [1.54, 1.807) is 37.3 Å². The number of halogens is 1. The number of piperidine rings is 1. The van der Waals surface area contributed by atoms with Crippen molar-refractivity contribution in [2.24, 2.45) is 0 Å². The van der Waals surface area contributed by atoms with E-state index in [1.807, 2.05) is 0 Å². The second-order valence-corrected chi connectivity index (χ2v) is 10.8. The van der Waals surface area contributed by atoms with E-state index in [1.165, 1.54) is 22.5 Å². The van der Waals surface area contributed by atoms with Gasteiger partial charge in [0, 0.05) is 18.8 Å². The fourth-order valence-electron chi connectivity index (χ4n) is 4.17. The fraction of sp³-hybridized carbons (Fsp3) is 0.348. The summed E-state index contributed by atoms with van der Waals surface area (Å²) in [6.07, 6.45) is 2.53. The molecule has 2 aromatic carbocycles. The standard InChI is InChI=1S/C23H25ClN4O5S/c1-23(16-8-4-2-5-9-16)21(30)28(22(31)26-23)15-20(29)25-17-10-11-18(24)19(14-17)34(32,33)27-12-6-3-7-13-27/h2,4-5,8-11,14H,3,6-7,12-13,15H2,1H3,(H,25,29)(H,26,31)/t23-/m0/s1. The van der Waals surface area contributed by atoms with Crippen LogP contribution in [0.4, 0.5) is 10.5 Å². The van der Waals surface area contributed by atoms with Crippen LogP contribution in [0.25, 0.3) is 0 Å². The Labute approximate surface area is 203 Å². The lowest BCUT2D eigenvalue weighted by Gasteiger charge is -2.26. The van der Waals surface area contributed by atoms with Crippen molar-refractivity contribution in [2.75, 3.05) is 25.0 Å². The van der Waals surface area contributed by atoms with Crippen LogP contribution >= 0.6 is 11.6 Å². The Hall–Kier alpha value is -2.95. The lowest BCUT2D eigenvalue weighted by atomic mass is 9.92. The minimum absolute atomic E-state index is 0.0521. The topological polar surface area (TPSA) is 116 Å². The van der Waals surface area contributed by atoms with Crippen LogP contribution in [0, 0.1) is 0 Å². The maximum absolute atomic E-state index is 13.0. The molecule has 4 amide bonds. The van der Waals surface area contributed by atoms with Gasteiger partial charge in [0.15, 0.2) is 0 Å². The van der Waals surface area contributed by atoms with Crippen LogP contribution in [-0.4, -0.2) is 55.1 Å². The van der Waals surface area contributed by atoms with Crippen LogP contribution < -0.4 is 10.6 Å². The largest absolute Gasteiger partial charge is 0.325 e. The number of carbonyl (C=O) groups excluding carboxylic acids is 3. The quantitative estimate of drug-likeness (QED) is 0.587. The average Bonchev–Trinajstić information content (AvgIpc) is 3.05. The van der Waals surface area contributed by atoms with Gasteiger partial charge in [0.2, 0.25) is 15.9 Å². The zero-order valence-corrected chi connectivity index (χ0v) is 20.2. The molecule has 0 unspecified atom stereocenters. The molecule has 9 nitrogen and oxygen atoms in total. The normalized spacial score (nSPS) is 21.4. The van der Waals surface area contributed by atoms with Gasteiger partial charge in [0.25, 0.3) is 5.91 Å². The molecule has 1 atom stereocenters. The highest BCUT2D eigenvalue weighted by molar-refractivity contribution is 7.89. The summed E-state index contributed by atoms with van der Waals surface area (Å²) < 4.78 is 27.5. The van der Waals surface area contributed by atoms with Crippen molar-refractivity contribution in [1.82, 2.24) is 14.5 Å². The van der Waals surface area contributed by atoms with E-state index in [0.717, 1.165) is 24.2 Å². The van der Waals surface area contributed by atoms with Crippen LogP contribution in [0.1, 0.15) is 31.7 Å². The van der Waals surface area contributed by atoms with Gasteiger partial charge in [-0.25, -0.2) is 13.2 Å². The number of amides is 4. The van der Waals surface area contributed by atoms with Gasteiger partial charge in [-0.05, 0) is 43.5 Å². The molecule has 11 heteroatoms. The molecule has 0 radical (unpaired) electrons. The minimum atomic E-state index is -3.82. The Morgan fingerprint density at radius 1 is 1.09 bits per heavy atom. The second kappa shape index (κ2) is 9.36. The number of carbonyl (C=O) groups is 3. The zero-order valence-electron chi connectivity index (χ0n) is 18.6. The van der Waals surface area contributed by atoms with Gasteiger partial charge in [0.1, 0.15) is 17.0 Å². The molecule has 2 heterocycles. The molecule has 0 spiro atoms. The summed E-state index contributed by atoms with van der Waals surface area (Å²) in [5.74, 6) is -1.20. The number of hydrogen-bond acceptors (Lipinski definition) is 5. The molecule has 0 bridgehead atoms. The van der Waals surface area contributed by atoms with Crippen molar-refractivity contribution in [3.63, 3.8) is 0 Å². The maximum Gasteiger partial charge on any atom is 0.325 e. The average molecular weight is 505 g/mol. The molecule has 4 rings (SSSR count). The molecule has 2 N–H and O–H groups in total. The third-order valence-electron chi connectivity index (χ3n) is 6.08. The van der Waals surface area contributed by atoms with Crippen LogP contribution in [0.2, 0.25) is 5.02 Å². The smallest absolute Gasteiger partial charge is 0.324 e. The Bertz CT molecular complexity index is 1230. The third-order valence-corrected chi connectivity index (χ3v) is 8.46. The lowest BCUT2D eigenvalue weighted by molar-refractivity contribution is -0.133. The van der Waals surface area contributed by atoms with Crippen LogP contribution in [-0.2, 0) is 25.2 Å². The highest BCUT2D eigenvalue weighted by atomic mass is 35.5. The van der Waals surface area contributed by atoms with Crippen molar-refractivity contribution in [3.8, 4) is 0 Å². The number of anilines is 1. The Balaban J connectivity index is 1.49. The van der Waals surface area contributed by atoms with Crippen molar-refractivity contribution >= 4 is 45.2 Å². The molecule has 180 valence electrons. The number of urea groups is 1. The maximum atomic E-state index is 13.0. The van der Waals surface area contributed by atoms with Gasteiger partial charge in [-0.15, -0.1) is 0 Å². The van der Waals surface area contributed by atoms with Gasteiger partial charge in [0.05, 0.1) is 5.02 Å². The lowest BCUT2D eigenvalue weighted by Crippen LogP contribution is -2.42. The predicted octanol–water partition coefficient (Wildman–Crippen LogP) is 2.92. The molecule has 0 saturated carbocycles. The highest BCUT2D eigenvalue weighted by Crippen LogP contribution is 2.30. The SMILES string of the molecule is C[C@@]1(c2ccccc2)NC(=O)N(CC(=O)Nc2ccc(Cl)c(S(=O)(=O)N3CCCCC3)c2)C1=O. The van der Waals surface area contributed by atoms with Gasteiger partial charge in [-0.2, -0.15) is 4.31 Å². The van der Waals surface area contributed by atoms with E-state index in [-0.39, 0.29) is 15.6 Å². The van der Waals surface area contributed by atoms with Gasteiger partial charge >= 0.3 is 6.03 Å². The van der Waals surface area contributed by atoms with Gasteiger partial charge in [-0.3, -0.25) is 14.5 Å². The second-order valence-electron chi connectivity index (χ2n) is 8.47. The molecule has 34 heavy (non-hydrogen) atoms. The van der Waals surface area contributed by atoms with Crippen LogP contribution in [0.5, 0.6) is 0 Å². The first-order chi connectivity index (χ1) is 16.1. The Kier molecular flexibility index (Phi) is 6.66. The first-order valence-electron chi connectivity index (χ1n) is 10.9. The predicted molar refractivity (Wildman–Crippen MR) is 127 cm³/mol. The van der Waals surface area contributed by atoms with E-state index < -0.39 is 40.0 Å². The molecule has 0 aliphatic carbocycles. The Morgan fingerprint density at radius 3 is 2.44 bits per heavy atom. The van der Waals surface area contributed by atoms with Crippen molar-refractivity contribution < 1.29 is 22.8 Å². The van der Waals surface area contributed by atoms with Crippen LogP contribution in [0.3, 0.4) is 0 Å². The van der Waals surface area contributed by atoms with Crippen molar-refractivity contribution in [3.05, 3.63) is 59.1 Å². The molecular formula is C23H25ClN4O5S. The zero-order chi connectivity index (χ0) is 24.5. The van der Waals surface area contributed by atoms with E-state index in [4.69, 9.17) is 11.6 Å². The summed E-state index contributed by atoms with van der Waals surface area (Å²) in [7, 11) is -3.82. The van der Waals surface area contributed by atoms with Gasteiger partial charge < -0.3 is 10.6 Å². The summed E-state index contributed by atoms with van der Waals surface area (Å²) >= 11 is 6.18. The van der Waals surface area contributed by atoms with Crippen LogP contribution in [0.15, 0.2) is 53.4 Å². The highest BCUT2D eigenvalue weighted by Gasteiger charge is 2.49. The van der Waals surface area contributed by atoms with E-state index in [0.29, 0.717) is 18.7 Å². The first-order valence-corrected chi connectivity index (χ1v) is 12.7. The molecule has 0 aromatic heterocycles. The van der Waals surface area contributed by atoms with Gasteiger partial charge in [-0.1, -0.05) is 48.4 Å². The molecule has 2 aliphatic heterocycles. The fourth-order valence-corrected chi connectivity index (χ4v) is 6.19. The number of hydrogen-bond donors (Lipinski definition) is 2. The minimum Gasteiger partial charge on any atom is -0.324 e. The molecule has 2 saturated heterocycles. The summed E-state index contributed by atoms with van der Waals surface area (Å²) in [5.41, 5.74) is -0.487. The van der Waals surface area contributed by atoms with Crippen molar-refractivity contribution in [2.45, 2.75) is 36.6 Å². The van der Waals surface area contributed by atoms with Crippen molar-refractivity contribution in [1.29, 1.82) is 0 Å². The number of imide groups is 1. The first kappa shape index (κ1) is 24.2. The Morgan fingerprint density at radius 2 is 1.76 bits per heavy atom. The molecule has 2 fully saturated rings. The van der Waals surface area contributed by atoms with E-state index in [2.05, 4.69) is 10.6 Å². The molecule has 2 aromatic rings.